The highest BCUT2D eigenvalue weighted by Crippen LogP contribution is 2.33. The number of hydrogen-bond acceptors (Lipinski definition) is 6. The molecule has 5 rings (SSSR count). The number of nitrogens with zero attached hydrogens (tertiary/aromatic N) is 1. The fourth-order valence-electron chi connectivity index (χ4n) is 4.58. The first-order valence-electron chi connectivity index (χ1n) is 12.8. The Morgan fingerprint density at radius 2 is 1.75 bits per heavy atom. The normalized spacial score (nSPS) is 13.1. The number of aromatic amines is 1. The minimum absolute atomic E-state index is 0.173. The molecule has 0 bridgehead atoms. The zero-order valence-electron chi connectivity index (χ0n) is 22.1. The minimum atomic E-state index is -0.311. The molecule has 202 valence electrons. The molecule has 0 fully saturated rings. The van der Waals surface area contributed by atoms with E-state index in [1.807, 2.05) is 38.1 Å². The average Bonchev–Trinajstić information content (AvgIpc) is 3.42. The molecule has 0 aliphatic carbocycles. The summed E-state index contributed by atoms with van der Waals surface area (Å²) in [6, 6.07) is 17.9. The van der Waals surface area contributed by atoms with Crippen molar-refractivity contribution < 1.29 is 14.4 Å². The third kappa shape index (κ3) is 5.41. The summed E-state index contributed by atoms with van der Waals surface area (Å²) in [5.74, 6) is -0.125. The zero-order valence-corrected chi connectivity index (χ0v) is 22.1. The number of carbonyl (C=O) groups is 3. The first-order chi connectivity index (χ1) is 19.3. The van der Waals surface area contributed by atoms with E-state index in [0.717, 1.165) is 16.8 Å². The molecule has 0 radical (unpaired) electrons. The Morgan fingerprint density at radius 1 is 0.975 bits per heavy atom. The van der Waals surface area contributed by atoms with Crippen LogP contribution < -0.4 is 27.0 Å². The van der Waals surface area contributed by atoms with E-state index in [1.165, 1.54) is 6.20 Å². The molecule has 0 saturated carbocycles. The van der Waals surface area contributed by atoms with Gasteiger partial charge in [-0.1, -0.05) is 30.3 Å². The Labute approximate surface area is 231 Å². The smallest absolute Gasteiger partial charge is 0.257 e. The van der Waals surface area contributed by atoms with Gasteiger partial charge in [0.05, 0.1) is 28.1 Å². The average molecular weight is 536 g/mol. The number of aromatic nitrogens is 2. The van der Waals surface area contributed by atoms with Crippen molar-refractivity contribution in [1.29, 1.82) is 0 Å². The highest BCUT2D eigenvalue weighted by molar-refractivity contribution is 6.34. The Bertz CT molecular complexity index is 1640. The summed E-state index contributed by atoms with van der Waals surface area (Å²) in [6.07, 6.45) is 3.26. The van der Waals surface area contributed by atoms with Gasteiger partial charge in [-0.25, -0.2) is 4.98 Å². The van der Waals surface area contributed by atoms with Gasteiger partial charge in [0, 0.05) is 41.9 Å². The molecule has 1 aliphatic rings. The van der Waals surface area contributed by atoms with Crippen LogP contribution in [0.25, 0.3) is 11.6 Å². The quantitative estimate of drug-likeness (QED) is 0.113. The largest absolute Gasteiger partial charge is 0.397 e. The summed E-state index contributed by atoms with van der Waals surface area (Å²) in [5, 5.41) is 11.7. The van der Waals surface area contributed by atoms with Crippen LogP contribution in [0.5, 0.6) is 0 Å². The number of para-hydroxylation sites is 3. The molecule has 3 amide bonds. The predicted molar refractivity (Wildman–Crippen MR) is 157 cm³/mol. The maximum atomic E-state index is 13.0. The fourth-order valence-corrected chi connectivity index (χ4v) is 4.58. The molecule has 0 spiro atoms. The number of carbonyl (C=O) groups excluding carboxylic acids is 3. The Morgan fingerprint density at radius 3 is 2.52 bits per heavy atom. The van der Waals surface area contributed by atoms with Crippen LogP contribution in [0, 0.1) is 13.8 Å². The number of nitrogens with two attached hydrogens (primary N) is 1. The van der Waals surface area contributed by atoms with Crippen molar-refractivity contribution >= 4 is 52.3 Å². The van der Waals surface area contributed by atoms with Crippen LogP contribution in [0.1, 0.15) is 43.2 Å². The van der Waals surface area contributed by atoms with E-state index in [1.54, 1.807) is 42.5 Å². The molecule has 3 heterocycles. The van der Waals surface area contributed by atoms with Crippen molar-refractivity contribution in [2.75, 3.05) is 34.8 Å². The van der Waals surface area contributed by atoms with Crippen molar-refractivity contribution in [2.24, 2.45) is 0 Å². The lowest BCUT2D eigenvalue weighted by Crippen LogP contribution is -2.29. The minimum Gasteiger partial charge on any atom is -0.397 e. The standard InChI is InChI=1S/C30H29N7O3/c1-17-25(15-21-20-7-3-5-9-23(20)36-29(21)39)35-18(2)27(17)30(40)33-14-13-32-26-12-11-19(16-34-26)28(38)37-24-10-6-4-8-22(24)31/h3-12,15-16,35H,13-14,31H2,1-2H3,(H,32,34)(H,33,40)(H,36,39)(H,37,38)/b21-15-. The number of amides is 3. The number of benzene rings is 2. The number of fused-ring (bicyclic) bond motifs is 1. The summed E-state index contributed by atoms with van der Waals surface area (Å²) in [4.78, 5) is 45.5. The Hall–Kier alpha value is -5.38. The van der Waals surface area contributed by atoms with Crippen molar-refractivity contribution in [2.45, 2.75) is 13.8 Å². The number of H-pyrrole nitrogens is 1. The van der Waals surface area contributed by atoms with Gasteiger partial charge in [0.15, 0.2) is 0 Å². The summed E-state index contributed by atoms with van der Waals surface area (Å²) in [5.41, 5.74) is 12.2. The molecular weight excluding hydrogens is 506 g/mol. The second-order valence-electron chi connectivity index (χ2n) is 9.38. The lowest BCUT2D eigenvalue weighted by atomic mass is 10.0. The fraction of sp³-hybridized carbons (Fsp3) is 0.133. The number of nitrogens with one attached hydrogen (secondary N) is 5. The number of anilines is 4. The van der Waals surface area contributed by atoms with Gasteiger partial charge in [-0.05, 0) is 55.8 Å². The van der Waals surface area contributed by atoms with Crippen LogP contribution in [-0.2, 0) is 4.79 Å². The first-order valence-corrected chi connectivity index (χ1v) is 12.8. The van der Waals surface area contributed by atoms with Crippen LogP contribution in [0.2, 0.25) is 0 Å². The highest BCUT2D eigenvalue weighted by Gasteiger charge is 2.25. The monoisotopic (exact) mass is 535 g/mol. The molecule has 0 atom stereocenters. The van der Waals surface area contributed by atoms with Gasteiger partial charge in [-0.3, -0.25) is 14.4 Å². The molecule has 2 aromatic heterocycles. The van der Waals surface area contributed by atoms with E-state index in [2.05, 4.69) is 31.2 Å². The van der Waals surface area contributed by atoms with E-state index < -0.39 is 0 Å². The molecule has 0 saturated heterocycles. The van der Waals surface area contributed by atoms with Gasteiger partial charge in [0.25, 0.3) is 17.7 Å². The van der Waals surface area contributed by atoms with Gasteiger partial charge in [-0.2, -0.15) is 0 Å². The van der Waals surface area contributed by atoms with E-state index >= 15 is 0 Å². The summed E-state index contributed by atoms with van der Waals surface area (Å²) < 4.78 is 0. The third-order valence-electron chi connectivity index (χ3n) is 6.65. The van der Waals surface area contributed by atoms with Gasteiger partial charge in [0.1, 0.15) is 5.82 Å². The Kier molecular flexibility index (Phi) is 7.32. The zero-order chi connectivity index (χ0) is 28.2. The summed E-state index contributed by atoms with van der Waals surface area (Å²) >= 11 is 0. The van der Waals surface area contributed by atoms with Gasteiger partial charge < -0.3 is 32.0 Å². The summed E-state index contributed by atoms with van der Waals surface area (Å²) in [6.45, 7) is 4.47. The molecule has 7 N–H and O–H groups in total. The second-order valence-corrected chi connectivity index (χ2v) is 9.38. The van der Waals surface area contributed by atoms with Crippen molar-refractivity contribution in [3.05, 3.63) is 101 Å². The van der Waals surface area contributed by atoms with Gasteiger partial charge in [0.2, 0.25) is 0 Å². The van der Waals surface area contributed by atoms with Crippen molar-refractivity contribution in [3.8, 4) is 0 Å². The second kappa shape index (κ2) is 11.2. The number of aryl methyl sites for hydroxylation is 1. The molecule has 4 aromatic rings. The molecule has 2 aromatic carbocycles. The number of nitrogen functional groups attached to an aromatic ring is 1. The van der Waals surface area contributed by atoms with Crippen molar-refractivity contribution in [1.82, 2.24) is 15.3 Å². The topological polar surface area (TPSA) is 154 Å². The molecule has 0 unspecified atom stereocenters. The van der Waals surface area contributed by atoms with Gasteiger partial charge >= 0.3 is 0 Å². The van der Waals surface area contributed by atoms with Crippen LogP contribution in [0.15, 0.2) is 66.9 Å². The molecule has 1 aliphatic heterocycles. The molecule has 10 nitrogen and oxygen atoms in total. The highest BCUT2D eigenvalue weighted by atomic mass is 16.2. The van der Waals surface area contributed by atoms with E-state index in [9.17, 15) is 14.4 Å². The van der Waals surface area contributed by atoms with Crippen molar-refractivity contribution in [3.63, 3.8) is 0 Å². The molecule has 10 heteroatoms. The first kappa shape index (κ1) is 26.2. The van der Waals surface area contributed by atoms with Gasteiger partial charge in [-0.15, -0.1) is 0 Å². The SMILES string of the molecule is Cc1[nH]c(/C=C2\C(=O)Nc3ccccc32)c(C)c1C(=O)NCCNc1ccc(C(=O)Nc2ccccc2N)cn1. The number of rotatable bonds is 8. The van der Waals surface area contributed by atoms with Crippen LogP contribution in [0.4, 0.5) is 22.9 Å². The maximum Gasteiger partial charge on any atom is 0.257 e. The van der Waals surface area contributed by atoms with E-state index in [-0.39, 0.29) is 17.7 Å². The summed E-state index contributed by atoms with van der Waals surface area (Å²) in [7, 11) is 0. The third-order valence-corrected chi connectivity index (χ3v) is 6.65. The van der Waals surface area contributed by atoms with Crippen LogP contribution in [-0.4, -0.2) is 40.8 Å². The van der Waals surface area contributed by atoms with Crippen LogP contribution >= 0.6 is 0 Å². The van der Waals surface area contributed by atoms with Crippen LogP contribution in [0.3, 0.4) is 0 Å². The lowest BCUT2D eigenvalue weighted by molar-refractivity contribution is -0.110. The Balaban J connectivity index is 1.16. The molecule has 40 heavy (non-hydrogen) atoms. The lowest BCUT2D eigenvalue weighted by Gasteiger charge is -2.10. The van der Waals surface area contributed by atoms with E-state index in [4.69, 9.17) is 5.73 Å². The molecular formula is C30H29N7O3. The maximum absolute atomic E-state index is 13.0. The van der Waals surface area contributed by atoms with E-state index in [0.29, 0.717) is 58.4 Å². The predicted octanol–water partition coefficient (Wildman–Crippen LogP) is 4.20. The number of pyridine rings is 1. The number of hydrogen-bond donors (Lipinski definition) is 6.